The van der Waals surface area contributed by atoms with Crippen LogP contribution in [-0.2, 0) is 9.59 Å². The Kier molecular flexibility index (Phi) is 6.74. The maximum absolute atomic E-state index is 12.5. The number of hydrogen-bond acceptors (Lipinski definition) is 7. The molecule has 1 unspecified atom stereocenters. The molecule has 0 aromatic heterocycles. The van der Waals surface area contributed by atoms with Gasteiger partial charge in [0.05, 0.1) is 30.9 Å². The van der Waals surface area contributed by atoms with Gasteiger partial charge in [0.2, 0.25) is 6.04 Å². The van der Waals surface area contributed by atoms with Crippen LogP contribution < -0.4 is 14.8 Å². The first-order valence-electron chi connectivity index (χ1n) is 8.06. The highest BCUT2D eigenvalue weighted by Crippen LogP contribution is 2.31. The van der Waals surface area contributed by atoms with E-state index in [4.69, 9.17) is 14.7 Å². The van der Waals surface area contributed by atoms with E-state index in [1.165, 1.54) is 39.3 Å². The molecule has 0 radical (unpaired) electrons. The lowest BCUT2D eigenvalue weighted by atomic mass is 10.2. The number of methoxy groups -OCH3 is 2. The predicted molar refractivity (Wildman–Crippen MR) is 98.7 cm³/mol. The molecule has 2 aromatic carbocycles. The highest BCUT2D eigenvalue weighted by atomic mass is 16.6. The topological polar surface area (TPSA) is 130 Å². The van der Waals surface area contributed by atoms with Crippen LogP contribution in [0.4, 0.5) is 17.1 Å². The van der Waals surface area contributed by atoms with Crippen LogP contribution >= 0.6 is 0 Å². The van der Waals surface area contributed by atoms with Gasteiger partial charge in [0.1, 0.15) is 11.4 Å². The number of nitrogens with one attached hydrogen (secondary N) is 1. The van der Waals surface area contributed by atoms with Crippen molar-refractivity contribution in [2.75, 3.05) is 19.5 Å². The largest absolute Gasteiger partial charge is 0.495 e. The number of nitrogens with zero attached hydrogens (tertiary/aromatic N) is 3. The van der Waals surface area contributed by atoms with Gasteiger partial charge < -0.3 is 14.8 Å². The first-order valence-corrected chi connectivity index (χ1v) is 8.06. The molecule has 0 aliphatic rings. The molecule has 0 spiro atoms. The molecule has 10 heteroatoms. The van der Waals surface area contributed by atoms with Crippen LogP contribution in [0.1, 0.15) is 6.92 Å². The van der Waals surface area contributed by atoms with E-state index in [0.717, 1.165) is 0 Å². The molecule has 146 valence electrons. The van der Waals surface area contributed by atoms with Crippen molar-refractivity contribution in [1.29, 1.82) is 0 Å². The number of amides is 1. The zero-order chi connectivity index (χ0) is 20.7. The number of carbonyl (C=O) groups is 2. The Hall–Kier alpha value is -3.82. The van der Waals surface area contributed by atoms with Gasteiger partial charge in [-0.05, 0) is 25.1 Å². The second-order valence-electron chi connectivity index (χ2n) is 5.55. The van der Waals surface area contributed by atoms with E-state index < -0.39 is 17.7 Å². The molecule has 2 rings (SSSR count). The third-order valence-corrected chi connectivity index (χ3v) is 3.66. The Labute approximate surface area is 160 Å². The fourth-order valence-electron chi connectivity index (χ4n) is 2.26. The molecule has 2 aromatic rings. The summed E-state index contributed by atoms with van der Waals surface area (Å²) >= 11 is 0. The van der Waals surface area contributed by atoms with Crippen molar-refractivity contribution in [3.05, 3.63) is 47.4 Å². The van der Waals surface area contributed by atoms with Crippen molar-refractivity contribution in [1.82, 2.24) is 0 Å². The van der Waals surface area contributed by atoms with Gasteiger partial charge in [-0.3, -0.25) is 9.59 Å². The second kappa shape index (κ2) is 9.21. The standard InChI is InChI=1S/C18H18N4O6/c1-11(23)17(18(24)19-13-6-4-5-7-15(13)27-2)21-20-14-9-8-12(22(25)26)10-16(14)28-3/h4-10,17H,1-3H3,(H-,19,24,25,26)/p+1/b21-20+. The predicted octanol–water partition coefficient (Wildman–Crippen LogP) is 3.18. The van der Waals surface area contributed by atoms with Gasteiger partial charge in [-0.1, -0.05) is 12.1 Å². The Morgan fingerprint density at radius 2 is 1.79 bits per heavy atom. The molecule has 2 N–H and O–H groups in total. The van der Waals surface area contributed by atoms with Gasteiger partial charge in [0.15, 0.2) is 11.5 Å². The van der Waals surface area contributed by atoms with Crippen LogP contribution in [0.2, 0.25) is 0 Å². The summed E-state index contributed by atoms with van der Waals surface area (Å²) in [5, 5.41) is 19.2. The van der Waals surface area contributed by atoms with Crippen molar-refractivity contribution in [2.45, 2.75) is 13.0 Å². The number of rotatable bonds is 8. The van der Waals surface area contributed by atoms with Crippen molar-refractivity contribution in [2.24, 2.45) is 10.2 Å². The summed E-state index contributed by atoms with van der Waals surface area (Å²) < 4.78 is 10.2. The van der Waals surface area contributed by atoms with E-state index in [0.29, 0.717) is 11.4 Å². The molecular formula is C18H19N4O6+. The van der Waals surface area contributed by atoms with E-state index >= 15 is 0 Å². The van der Waals surface area contributed by atoms with E-state index in [1.54, 1.807) is 24.3 Å². The van der Waals surface area contributed by atoms with Crippen molar-refractivity contribution >= 4 is 28.8 Å². The molecule has 1 amide bonds. The van der Waals surface area contributed by atoms with Crippen molar-refractivity contribution in [3.8, 4) is 11.5 Å². The molecule has 0 fully saturated rings. The minimum atomic E-state index is -1.40. The number of ketones is 1. The van der Waals surface area contributed by atoms with Gasteiger partial charge in [-0.25, -0.2) is 5.21 Å². The summed E-state index contributed by atoms with van der Waals surface area (Å²) in [6.07, 6.45) is 0. The maximum atomic E-state index is 12.5. The number of ether oxygens (including phenoxy) is 2. The Balaban J connectivity index is 2.26. The van der Waals surface area contributed by atoms with Crippen LogP contribution in [0.5, 0.6) is 11.5 Å². The Morgan fingerprint density at radius 3 is 2.39 bits per heavy atom. The summed E-state index contributed by atoms with van der Waals surface area (Å²) in [5.41, 5.74) is 0.481. The molecular weight excluding hydrogens is 368 g/mol. The molecule has 1 atom stereocenters. The second-order valence-corrected chi connectivity index (χ2v) is 5.55. The van der Waals surface area contributed by atoms with Gasteiger partial charge >= 0.3 is 5.69 Å². The SMILES string of the molecule is COc1cc([N+](=O)O)ccc1/N=N/C(C(C)=O)C(=O)Nc1ccccc1OC. The molecule has 0 saturated heterocycles. The summed E-state index contributed by atoms with van der Waals surface area (Å²) in [6.45, 7) is 1.22. The quantitative estimate of drug-likeness (QED) is 0.406. The van der Waals surface area contributed by atoms with Crippen LogP contribution in [0.15, 0.2) is 52.7 Å². The fourth-order valence-corrected chi connectivity index (χ4v) is 2.26. The molecule has 0 saturated carbocycles. The molecule has 28 heavy (non-hydrogen) atoms. The smallest absolute Gasteiger partial charge is 0.320 e. The minimum Gasteiger partial charge on any atom is -0.495 e. The number of hydrogen-bond donors (Lipinski definition) is 2. The number of benzene rings is 2. The number of carbonyl (C=O) groups excluding carboxylic acids is 2. The van der Waals surface area contributed by atoms with Crippen molar-refractivity contribution in [3.63, 3.8) is 0 Å². The van der Waals surface area contributed by atoms with Crippen LogP contribution in [0.25, 0.3) is 0 Å². The summed E-state index contributed by atoms with van der Waals surface area (Å²) in [4.78, 5) is 35.0. The van der Waals surface area contributed by atoms with E-state index in [1.807, 2.05) is 0 Å². The van der Waals surface area contributed by atoms with Crippen molar-refractivity contribution < 1.29 is 29.2 Å². The lowest BCUT2D eigenvalue weighted by molar-refractivity contribution is -0.729. The first-order chi connectivity index (χ1) is 13.4. The molecule has 0 aliphatic carbocycles. The Morgan fingerprint density at radius 1 is 1.11 bits per heavy atom. The van der Waals surface area contributed by atoms with Crippen LogP contribution in [-0.4, -0.2) is 42.1 Å². The van der Waals surface area contributed by atoms with Gasteiger partial charge in [-0.15, -0.1) is 0 Å². The number of azo groups is 1. The van der Waals surface area contributed by atoms with Gasteiger partial charge in [0, 0.05) is 6.07 Å². The lowest BCUT2D eigenvalue weighted by Gasteiger charge is -2.12. The lowest BCUT2D eigenvalue weighted by Crippen LogP contribution is -2.31. The molecule has 0 aliphatic heterocycles. The molecule has 10 nitrogen and oxygen atoms in total. The first kappa shape index (κ1) is 20.5. The average Bonchev–Trinajstić information content (AvgIpc) is 2.68. The van der Waals surface area contributed by atoms with Gasteiger partial charge in [-0.2, -0.15) is 10.2 Å². The highest BCUT2D eigenvalue weighted by Gasteiger charge is 2.24. The van der Waals surface area contributed by atoms with Crippen LogP contribution in [0.3, 0.4) is 0 Å². The average molecular weight is 387 g/mol. The molecule has 0 bridgehead atoms. The number of para-hydroxylation sites is 2. The fraction of sp³-hybridized carbons (Fsp3) is 0.222. The monoisotopic (exact) mass is 387 g/mol. The van der Waals surface area contributed by atoms with E-state index in [-0.39, 0.29) is 22.0 Å². The zero-order valence-corrected chi connectivity index (χ0v) is 15.4. The third kappa shape index (κ3) is 4.87. The zero-order valence-electron chi connectivity index (χ0n) is 15.4. The van der Waals surface area contributed by atoms with Crippen LogP contribution in [0, 0.1) is 4.91 Å². The normalized spacial score (nSPS) is 11.7. The minimum absolute atomic E-state index is 0.0761. The maximum Gasteiger partial charge on any atom is 0.320 e. The Bertz CT molecular complexity index is 928. The summed E-state index contributed by atoms with van der Waals surface area (Å²) in [5.74, 6) is -0.646. The van der Waals surface area contributed by atoms with Gasteiger partial charge in [0.25, 0.3) is 10.8 Å². The number of Topliss-reactive ketones (excluding diaryl/α,β-unsaturated/α-hetero) is 1. The molecule has 0 heterocycles. The third-order valence-electron chi connectivity index (χ3n) is 3.66. The highest BCUT2D eigenvalue weighted by molar-refractivity contribution is 6.10. The van der Waals surface area contributed by atoms with E-state index in [9.17, 15) is 14.5 Å². The summed E-state index contributed by atoms with van der Waals surface area (Å²) in [7, 11) is 2.79. The number of anilines is 1. The summed E-state index contributed by atoms with van der Waals surface area (Å²) in [6, 6.07) is 9.19. The van der Waals surface area contributed by atoms with E-state index in [2.05, 4.69) is 15.5 Å².